The van der Waals surface area contributed by atoms with E-state index in [2.05, 4.69) is 5.32 Å². The fraction of sp³-hybridized carbons (Fsp3) is 0.190. The van der Waals surface area contributed by atoms with Crippen LogP contribution >= 0.6 is 0 Å². The second kappa shape index (κ2) is 8.55. The van der Waals surface area contributed by atoms with Gasteiger partial charge in [-0.3, -0.25) is 4.79 Å². The van der Waals surface area contributed by atoms with Crippen molar-refractivity contribution in [2.45, 2.75) is 13.8 Å². The first-order chi connectivity index (χ1) is 13.8. The van der Waals surface area contributed by atoms with Gasteiger partial charge in [-0.1, -0.05) is 6.07 Å². The quantitative estimate of drug-likeness (QED) is 0.506. The molecule has 3 rings (SSSR count). The molecule has 0 aliphatic heterocycles. The van der Waals surface area contributed by atoms with Crippen LogP contribution in [0.4, 0.5) is 10.1 Å². The van der Waals surface area contributed by atoms with Crippen molar-refractivity contribution < 1.29 is 27.9 Å². The number of benzene rings is 2. The van der Waals surface area contributed by atoms with Gasteiger partial charge in [0.15, 0.2) is 13.2 Å². The van der Waals surface area contributed by atoms with Crippen molar-refractivity contribution in [3.05, 3.63) is 69.8 Å². The number of hydrogen-bond acceptors (Lipinski definition) is 6. The third-order valence-electron chi connectivity index (χ3n) is 4.04. The molecule has 0 radical (unpaired) electrons. The summed E-state index contributed by atoms with van der Waals surface area (Å²) in [6.45, 7) is 2.47. The molecule has 1 N–H and O–H groups in total. The summed E-state index contributed by atoms with van der Waals surface area (Å²) in [4.78, 5) is 35.0. The van der Waals surface area contributed by atoms with Gasteiger partial charge in [-0.25, -0.2) is 14.0 Å². The van der Waals surface area contributed by atoms with Gasteiger partial charge in [-0.05, 0) is 49.2 Å². The molecule has 0 aliphatic carbocycles. The Hall–Kier alpha value is -3.68. The summed E-state index contributed by atoms with van der Waals surface area (Å²) in [5.41, 5.74) is 1.33. The largest absolute Gasteiger partial charge is 0.482 e. The number of carbonyl (C=O) groups is 2. The Labute approximate surface area is 165 Å². The van der Waals surface area contributed by atoms with E-state index in [9.17, 15) is 18.8 Å². The van der Waals surface area contributed by atoms with Crippen LogP contribution in [0.5, 0.6) is 5.75 Å². The normalized spacial score (nSPS) is 10.6. The summed E-state index contributed by atoms with van der Waals surface area (Å²) in [6.07, 6.45) is 0. The number of nitrogens with one attached hydrogen (secondary N) is 1. The highest BCUT2D eigenvalue weighted by Crippen LogP contribution is 2.22. The topological polar surface area (TPSA) is 94.8 Å². The van der Waals surface area contributed by atoms with E-state index in [4.69, 9.17) is 13.9 Å². The molecule has 0 atom stereocenters. The molecule has 8 heteroatoms. The third kappa shape index (κ3) is 5.19. The number of ether oxygens (including phenoxy) is 2. The number of esters is 1. The summed E-state index contributed by atoms with van der Waals surface area (Å²) in [6, 6.07) is 10.5. The second-order valence-corrected chi connectivity index (χ2v) is 6.39. The number of amides is 1. The number of rotatable bonds is 6. The number of hydrogen-bond donors (Lipinski definition) is 1. The number of anilines is 1. The van der Waals surface area contributed by atoms with Crippen molar-refractivity contribution in [2.24, 2.45) is 0 Å². The van der Waals surface area contributed by atoms with Crippen molar-refractivity contribution in [3.8, 4) is 5.75 Å². The highest BCUT2D eigenvalue weighted by atomic mass is 19.1. The zero-order chi connectivity index (χ0) is 21.0. The fourth-order valence-electron chi connectivity index (χ4n) is 2.63. The molecule has 7 nitrogen and oxygen atoms in total. The molecule has 3 aromatic rings. The summed E-state index contributed by atoms with van der Waals surface area (Å²) in [5.74, 6) is -1.74. The number of carbonyl (C=O) groups excluding carboxylic acids is 2. The molecular formula is C21H18FNO6. The Morgan fingerprint density at radius 3 is 2.62 bits per heavy atom. The number of aryl methyl sites for hydroxylation is 2. The van der Waals surface area contributed by atoms with Crippen LogP contribution < -0.4 is 15.7 Å². The molecule has 150 valence electrons. The van der Waals surface area contributed by atoms with E-state index in [0.29, 0.717) is 16.9 Å². The van der Waals surface area contributed by atoms with Crippen molar-refractivity contribution in [2.75, 3.05) is 18.5 Å². The maximum absolute atomic E-state index is 13.7. The van der Waals surface area contributed by atoms with E-state index >= 15 is 0 Å². The van der Waals surface area contributed by atoms with Gasteiger partial charge in [-0.15, -0.1) is 0 Å². The Morgan fingerprint density at radius 1 is 1.07 bits per heavy atom. The molecular weight excluding hydrogens is 381 g/mol. The van der Waals surface area contributed by atoms with Gasteiger partial charge in [0.25, 0.3) is 5.91 Å². The maximum Gasteiger partial charge on any atom is 0.344 e. The first-order valence-corrected chi connectivity index (χ1v) is 8.71. The van der Waals surface area contributed by atoms with E-state index < -0.39 is 36.5 Å². The minimum absolute atomic E-state index is 0.000786. The summed E-state index contributed by atoms with van der Waals surface area (Å²) in [7, 11) is 0. The predicted molar refractivity (Wildman–Crippen MR) is 103 cm³/mol. The maximum atomic E-state index is 13.7. The van der Waals surface area contributed by atoms with E-state index in [-0.39, 0.29) is 5.69 Å². The summed E-state index contributed by atoms with van der Waals surface area (Å²) in [5, 5.41) is 3.07. The lowest BCUT2D eigenvalue weighted by Gasteiger charge is -2.09. The predicted octanol–water partition coefficient (Wildman–Crippen LogP) is 3.11. The minimum atomic E-state index is -0.782. The Kier molecular flexibility index (Phi) is 5.92. The second-order valence-electron chi connectivity index (χ2n) is 6.39. The zero-order valence-corrected chi connectivity index (χ0v) is 15.8. The summed E-state index contributed by atoms with van der Waals surface area (Å²) < 4.78 is 28.9. The first kappa shape index (κ1) is 20.1. The van der Waals surface area contributed by atoms with Gasteiger partial charge in [0.2, 0.25) is 0 Å². The van der Waals surface area contributed by atoms with Gasteiger partial charge in [0.1, 0.15) is 17.1 Å². The molecule has 2 aromatic carbocycles. The van der Waals surface area contributed by atoms with Gasteiger partial charge in [-0.2, -0.15) is 0 Å². The van der Waals surface area contributed by atoms with Crippen molar-refractivity contribution in [3.63, 3.8) is 0 Å². The molecule has 0 saturated heterocycles. The van der Waals surface area contributed by atoms with Gasteiger partial charge in [0.05, 0.1) is 5.69 Å². The summed E-state index contributed by atoms with van der Waals surface area (Å²) >= 11 is 0. The Bertz CT molecular complexity index is 1140. The number of fused-ring (bicyclic) bond motifs is 1. The lowest BCUT2D eigenvalue weighted by molar-refractivity contribution is -0.149. The van der Waals surface area contributed by atoms with Crippen LogP contribution in [-0.4, -0.2) is 25.1 Å². The van der Waals surface area contributed by atoms with E-state index in [1.54, 1.807) is 32.0 Å². The molecule has 0 unspecified atom stereocenters. The minimum Gasteiger partial charge on any atom is -0.482 e. The van der Waals surface area contributed by atoms with Gasteiger partial charge >= 0.3 is 11.6 Å². The molecule has 0 spiro atoms. The third-order valence-corrected chi connectivity index (χ3v) is 4.04. The molecule has 1 amide bonds. The first-order valence-electron chi connectivity index (χ1n) is 8.71. The van der Waals surface area contributed by atoms with Crippen LogP contribution in [0.25, 0.3) is 11.0 Å². The van der Waals surface area contributed by atoms with Crippen molar-refractivity contribution >= 4 is 28.5 Å². The monoisotopic (exact) mass is 399 g/mol. The van der Waals surface area contributed by atoms with E-state index in [1.165, 1.54) is 24.3 Å². The smallest absolute Gasteiger partial charge is 0.344 e. The van der Waals surface area contributed by atoms with Crippen molar-refractivity contribution in [1.29, 1.82) is 0 Å². The van der Waals surface area contributed by atoms with Crippen LogP contribution in [-0.2, 0) is 14.3 Å². The van der Waals surface area contributed by atoms with E-state index in [1.807, 2.05) is 0 Å². The van der Waals surface area contributed by atoms with Crippen LogP contribution in [0, 0.1) is 19.7 Å². The van der Waals surface area contributed by atoms with Crippen LogP contribution in [0.1, 0.15) is 11.1 Å². The fourth-order valence-corrected chi connectivity index (χ4v) is 2.63. The standard InChI is InChI=1S/C21H18FNO6/c1-12-3-6-17(16(22)7-12)23-19(24)10-28-21(26)11-27-14-4-5-15-13(2)8-20(25)29-18(15)9-14/h3-9H,10-11H2,1-2H3,(H,23,24). The van der Waals surface area contributed by atoms with Crippen LogP contribution in [0.3, 0.4) is 0 Å². The molecule has 29 heavy (non-hydrogen) atoms. The highest BCUT2D eigenvalue weighted by Gasteiger charge is 2.12. The average molecular weight is 399 g/mol. The van der Waals surface area contributed by atoms with Crippen LogP contribution in [0.15, 0.2) is 51.7 Å². The molecule has 0 aliphatic rings. The molecule has 1 aromatic heterocycles. The molecule has 0 saturated carbocycles. The zero-order valence-electron chi connectivity index (χ0n) is 15.8. The molecule has 1 heterocycles. The van der Waals surface area contributed by atoms with Crippen LogP contribution in [0.2, 0.25) is 0 Å². The lowest BCUT2D eigenvalue weighted by Crippen LogP contribution is -2.24. The Balaban J connectivity index is 1.51. The molecule has 0 bridgehead atoms. The highest BCUT2D eigenvalue weighted by molar-refractivity contribution is 5.93. The number of halogens is 1. The lowest BCUT2D eigenvalue weighted by atomic mass is 10.1. The van der Waals surface area contributed by atoms with Crippen molar-refractivity contribution in [1.82, 2.24) is 0 Å². The van der Waals surface area contributed by atoms with Gasteiger partial charge < -0.3 is 19.2 Å². The average Bonchev–Trinajstić information content (AvgIpc) is 2.66. The van der Waals surface area contributed by atoms with Gasteiger partial charge in [0, 0.05) is 17.5 Å². The Morgan fingerprint density at radius 2 is 1.86 bits per heavy atom. The SMILES string of the molecule is Cc1ccc(NC(=O)COC(=O)COc2ccc3c(C)cc(=O)oc3c2)c(F)c1. The molecule has 0 fully saturated rings. The van der Waals surface area contributed by atoms with E-state index in [0.717, 1.165) is 10.9 Å².